The molecule has 1 rings (SSSR count). The van der Waals surface area contributed by atoms with Crippen molar-refractivity contribution < 1.29 is 9.90 Å². The normalized spacial score (nSPS) is 32.3. The van der Waals surface area contributed by atoms with Gasteiger partial charge in [-0.1, -0.05) is 13.8 Å². The maximum absolute atomic E-state index is 10.9. The van der Waals surface area contributed by atoms with Gasteiger partial charge < -0.3 is 10.8 Å². The molecule has 0 aromatic heterocycles. The van der Waals surface area contributed by atoms with Crippen LogP contribution in [0.25, 0.3) is 0 Å². The lowest BCUT2D eigenvalue weighted by Gasteiger charge is -2.39. The van der Waals surface area contributed by atoms with Gasteiger partial charge in [0.05, 0.1) is 5.92 Å². The molecule has 88 valence electrons. The second-order valence-electron chi connectivity index (χ2n) is 4.79. The fourth-order valence-corrected chi connectivity index (χ4v) is 2.02. The number of nitrogens with zero attached hydrogens (tertiary/aromatic N) is 1. The van der Waals surface area contributed by atoms with E-state index in [0.29, 0.717) is 5.92 Å². The number of hydrogen-bond acceptors (Lipinski definition) is 3. The average Bonchev–Trinajstić information content (AvgIpc) is 2.19. The molecule has 0 saturated carbocycles. The van der Waals surface area contributed by atoms with Crippen molar-refractivity contribution in [3.63, 3.8) is 0 Å². The number of nitrogens with two attached hydrogens (primary N) is 1. The van der Waals surface area contributed by atoms with Gasteiger partial charge in [-0.15, -0.1) is 0 Å². The number of carbonyl (C=O) groups is 1. The number of aliphatic carboxylic acids is 1. The largest absolute Gasteiger partial charge is 0.481 e. The summed E-state index contributed by atoms with van der Waals surface area (Å²) in [7, 11) is 0. The van der Waals surface area contributed by atoms with Crippen molar-refractivity contribution in [3.8, 4) is 0 Å². The minimum Gasteiger partial charge on any atom is -0.481 e. The first-order valence-electron chi connectivity index (χ1n) is 5.66. The Hall–Kier alpha value is -0.610. The topological polar surface area (TPSA) is 66.6 Å². The molecular weight excluding hydrogens is 192 g/mol. The van der Waals surface area contributed by atoms with Crippen LogP contribution in [0.15, 0.2) is 0 Å². The van der Waals surface area contributed by atoms with E-state index in [1.54, 1.807) is 6.92 Å². The first-order valence-corrected chi connectivity index (χ1v) is 5.66. The number of carboxylic acid groups (broad SMARTS) is 1. The molecule has 4 heteroatoms. The van der Waals surface area contributed by atoms with Crippen molar-refractivity contribution in [1.82, 2.24) is 4.90 Å². The molecule has 4 unspecified atom stereocenters. The second-order valence-corrected chi connectivity index (χ2v) is 4.79. The predicted molar refractivity (Wildman–Crippen MR) is 59.6 cm³/mol. The number of carboxylic acids is 1. The third-order valence-electron chi connectivity index (χ3n) is 3.74. The number of rotatable bonds is 3. The van der Waals surface area contributed by atoms with Gasteiger partial charge in [-0.2, -0.15) is 0 Å². The highest BCUT2D eigenvalue weighted by atomic mass is 16.4. The molecule has 4 nitrogen and oxygen atoms in total. The molecule has 15 heavy (non-hydrogen) atoms. The fourth-order valence-electron chi connectivity index (χ4n) is 2.02. The summed E-state index contributed by atoms with van der Waals surface area (Å²) in [6.45, 7) is 7.68. The van der Waals surface area contributed by atoms with E-state index in [1.165, 1.54) is 0 Å². The average molecular weight is 214 g/mol. The Balaban J connectivity index is 2.54. The third-order valence-corrected chi connectivity index (χ3v) is 3.74. The Bertz CT molecular complexity index is 233. The summed E-state index contributed by atoms with van der Waals surface area (Å²) < 4.78 is 0. The molecular formula is C11H22N2O2. The van der Waals surface area contributed by atoms with E-state index in [9.17, 15) is 4.79 Å². The van der Waals surface area contributed by atoms with Crippen LogP contribution >= 0.6 is 0 Å². The molecule has 1 saturated heterocycles. The van der Waals surface area contributed by atoms with Gasteiger partial charge in [0.1, 0.15) is 0 Å². The minimum absolute atomic E-state index is 0.0704. The Labute approximate surface area is 91.4 Å². The van der Waals surface area contributed by atoms with Crippen LogP contribution in [0.5, 0.6) is 0 Å². The van der Waals surface area contributed by atoms with Gasteiger partial charge >= 0.3 is 5.97 Å². The molecule has 0 spiro atoms. The van der Waals surface area contributed by atoms with Crippen LogP contribution in [-0.2, 0) is 4.79 Å². The highest BCUT2D eigenvalue weighted by molar-refractivity contribution is 5.70. The maximum atomic E-state index is 10.9. The van der Waals surface area contributed by atoms with Gasteiger partial charge in [0.2, 0.25) is 0 Å². The van der Waals surface area contributed by atoms with Crippen LogP contribution in [0, 0.1) is 11.8 Å². The van der Waals surface area contributed by atoms with Gasteiger partial charge in [-0.3, -0.25) is 9.69 Å². The SMILES string of the molecule is CC1CCN(C(C)C(C)C(=O)O)CC1N. The molecule has 0 aliphatic carbocycles. The zero-order chi connectivity index (χ0) is 11.6. The molecule has 0 aromatic rings. The standard InChI is InChI=1S/C11H22N2O2/c1-7-4-5-13(6-10(7)12)9(3)8(2)11(14)15/h7-10H,4-6,12H2,1-3H3,(H,14,15). The van der Waals surface area contributed by atoms with Crippen LogP contribution in [0.4, 0.5) is 0 Å². The van der Waals surface area contributed by atoms with E-state index in [-0.39, 0.29) is 18.0 Å². The molecule has 4 atom stereocenters. The summed E-state index contributed by atoms with van der Waals surface area (Å²) in [4.78, 5) is 13.1. The molecule has 0 bridgehead atoms. The van der Waals surface area contributed by atoms with Crippen LogP contribution in [0.2, 0.25) is 0 Å². The monoisotopic (exact) mass is 214 g/mol. The highest BCUT2D eigenvalue weighted by Gasteiger charge is 2.30. The zero-order valence-corrected chi connectivity index (χ0v) is 9.81. The predicted octanol–water partition coefficient (Wildman–Crippen LogP) is 0.765. The summed E-state index contributed by atoms with van der Waals surface area (Å²) in [6, 6.07) is 0.253. The lowest BCUT2D eigenvalue weighted by atomic mass is 9.91. The molecule has 1 fully saturated rings. The number of piperidine rings is 1. The summed E-state index contributed by atoms with van der Waals surface area (Å²) >= 11 is 0. The zero-order valence-electron chi connectivity index (χ0n) is 9.81. The molecule has 0 aromatic carbocycles. The molecule has 3 N–H and O–H groups in total. The third kappa shape index (κ3) is 2.92. The molecule has 1 aliphatic heterocycles. The Kier molecular flexibility index (Phi) is 4.11. The first kappa shape index (κ1) is 12.5. The van der Waals surface area contributed by atoms with Crippen molar-refractivity contribution in [2.75, 3.05) is 13.1 Å². The summed E-state index contributed by atoms with van der Waals surface area (Å²) in [5.74, 6) is -0.506. The van der Waals surface area contributed by atoms with Crippen LogP contribution in [0.1, 0.15) is 27.2 Å². The van der Waals surface area contributed by atoms with E-state index < -0.39 is 5.97 Å². The van der Waals surface area contributed by atoms with E-state index in [4.69, 9.17) is 10.8 Å². The van der Waals surface area contributed by atoms with E-state index >= 15 is 0 Å². The highest BCUT2D eigenvalue weighted by Crippen LogP contribution is 2.20. The fraction of sp³-hybridized carbons (Fsp3) is 0.909. The van der Waals surface area contributed by atoms with E-state index in [0.717, 1.165) is 19.5 Å². The summed E-state index contributed by atoms with van der Waals surface area (Å²) in [5.41, 5.74) is 5.99. The van der Waals surface area contributed by atoms with Gasteiger partial charge in [0, 0.05) is 18.6 Å². The van der Waals surface area contributed by atoms with E-state index in [2.05, 4.69) is 11.8 Å². The number of hydrogen-bond donors (Lipinski definition) is 2. The Morgan fingerprint density at radius 1 is 1.53 bits per heavy atom. The first-order chi connectivity index (χ1) is 6.93. The van der Waals surface area contributed by atoms with Gasteiger partial charge in [-0.25, -0.2) is 0 Å². The molecule has 1 heterocycles. The van der Waals surface area contributed by atoms with Gasteiger partial charge in [0.15, 0.2) is 0 Å². The van der Waals surface area contributed by atoms with E-state index in [1.807, 2.05) is 6.92 Å². The Morgan fingerprint density at radius 2 is 2.13 bits per heavy atom. The van der Waals surface area contributed by atoms with Gasteiger partial charge in [-0.05, 0) is 25.8 Å². The molecule has 0 radical (unpaired) electrons. The molecule has 1 aliphatic rings. The van der Waals surface area contributed by atoms with Crippen molar-refractivity contribution >= 4 is 5.97 Å². The van der Waals surface area contributed by atoms with Crippen molar-refractivity contribution in [3.05, 3.63) is 0 Å². The lowest BCUT2D eigenvalue weighted by Crippen LogP contribution is -2.52. The number of likely N-dealkylation sites (tertiary alicyclic amines) is 1. The van der Waals surface area contributed by atoms with Crippen molar-refractivity contribution in [2.24, 2.45) is 17.6 Å². The van der Waals surface area contributed by atoms with Crippen molar-refractivity contribution in [2.45, 2.75) is 39.3 Å². The van der Waals surface area contributed by atoms with Gasteiger partial charge in [0.25, 0.3) is 0 Å². The lowest BCUT2D eigenvalue weighted by molar-refractivity contribution is -0.143. The molecule has 0 amide bonds. The van der Waals surface area contributed by atoms with Crippen LogP contribution in [0.3, 0.4) is 0 Å². The smallest absolute Gasteiger partial charge is 0.307 e. The summed E-state index contributed by atoms with van der Waals surface area (Å²) in [5, 5.41) is 8.94. The quantitative estimate of drug-likeness (QED) is 0.728. The van der Waals surface area contributed by atoms with Crippen LogP contribution in [-0.4, -0.2) is 41.1 Å². The van der Waals surface area contributed by atoms with Crippen molar-refractivity contribution in [1.29, 1.82) is 0 Å². The Morgan fingerprint density at radius 3 is 2.60 bits per heavy atom. The van der Waals surface area contributed by atoms with Crippen LogP contribution < -0.4 is 5.73 Å². The maximum Gasteiger partial charge on any atom is 0.307 e. The summed E-state index contributed by atoms with van der Waals surface area (Å²) in [6.07, 6.45) is 1.07. The minimum atomic E-state index is -0.727. The second kappa shape index (κ2) is 4.94.